The second-order valence-electron chi connectivity index (χ2n) is 2.89. The maximum Gasteiger partial charge on any atom is 0.422 e. The fourth-order valence-electron chi connectivity index (χ4n) is 0.941. The van der Waals surface area contributed by atoms with Crippen molar-refractivity contribution in [2.24, 2.45) is 0 Å². The number of ether oxygens (including phenoxy) is 1. The first-order valence-corrected chi connectivity index (χ1v) is 4.40. The van der Waals surface area contributed by atoms with Crippen LogP contribution in [-0.4, -0.2) is 24.5 Å². The Balaban J connectivity index is 2.58. The molecule has 1 aromatic carbocycles. The van der Waals surface area contributed by atoms with Crippen molar-refractivity contribution in [1.82, 2.24) is 0 Å². The van der Waals surface area contributed by atoms with E-state index in [1.807, 2.05) is 0 Å². The number of alkyl halides is 3. The molecule has 0 fully saturated rings. The maximum atomic E-state index is 11.8. The molecule has 0 saturated carbocycles. The molecule has 0 aliphatic carbocycles. The Kier molecular flexibility index (Phi) is 4.20. The number of benzene rings is 1. The molecule has 0 unspecified atom stereocenters. The summed E-state index contributed by atoms with van der Waals surface area (Å²) in [7, 11) is 0. The van der Waals surface area contributed by atoms with Crippen molar-refractivity contribution in [2.45, 2.75) is 6.18 Å². The van der Waals surface area contributed by atoms with Gasteiger partial charge < -0.3 is 9.84 Å². The van der Waals surface area contributed by atoms with E-state index < -0.39 is 12.8 Å². The van der Waals surface area contributed by atoms with Crippen LogP contribution < -0.4 is 4.74 Å². The quantitative estimate of drug-likeness (QED) is 0.787. The molecule has 0 heterocycles. The predicted octanol–water partition coefficient (Wildman–Crippen LogP) is 1.97. The van der Waals surface area contributed by atoms with Crippen molar-refractivity contribution in [3.8, 4) is 17.6 Å². The van der Waals surface area contributed by atoms with Gasteiger partial charge in [-0.3, -0.25) is 0 Å². The summed E-state index contributed by atoms with van der Waals surface area (Å²) in [5.41, 5.74) is 0.605. The number of hydrogen-bond acceptors (Lipinski definition) is 2. The van der Waals surface area contributed by atoms with E-state index in [-0.39, 0.29) is 12.4 Å². The van der Waals surface area contributed by atoms with E-state index in [9.17, 15) is 13.2 Å². The summed E-state index contributed by atoms with van der Waals surface area (Å²) in [5, 5.41) is 8.43. The molecule has 2 nitrogen and oxygen atoms in total. The first kappa shape index (κ1) is 12.4. The molecule has 0 spiro atoms. The summed E-state index contributed by atoms with van der Waals surface area (Å²) in [6.45, 7) is -1.57. The van der Waals surface area contributed by atoms with Crippen LogP contribution >= 0.6 is 0 Å². The molecule has 16 heavy (non-hydrogen) atoms. The van der Waals surface area contributed by atoms with Gasteiger partial charge in [0, 0.05) is 5.56 Å². The van der Waals surface area contributed by atoms with Crippen molar-refractivity contribution in [3.05, 3.63) is 29.8 Å². The van der Waals surface area contributed by atoms with E-state index in [1.54, 1.807) is 0 Å². The fourth-order valence-corrected chi connectivity index (χ4v) is 0.941. The number of aliphatic hydroxyl groups excluding tert-OH is 1. The summed E-state index contributed by atoms with van der Waals surface area (Å²) in [5.74, 6) is 5.17. The largest absolute Gasteiger partial charge is 0.484 e. The van der Waals surface area contributed by atoms with E-state index in [4.69, 9.17) is 5.11 Å². The van der Waals surface area contributed by atoms with Crippen LogP contribution in [0.2, 0.25) is 0 Å². The Bertz CT molecular complexity index is 384. The lowest BCUT2D eigenvalue weighted by molar-refractivity contribution is -0.153. The van der Waals surface area contributed by atoms with E-state index in [0.717, 1.165) is 0 Å². The number of rotatable bonds is 2. The van der Waals surface area contributed by atoms with Gasteiger partial charge in [-0.25, -0.2) is 0 Å². The molecule has 5 heteroatoms. The molecule has 0 aromatic heterocycles. The van der Waals surface area contributed by atoms with E-state index >= 15 is 0 Å². The third-order valence-electron chi connectivity index (χ3n) is 1.57. The molecule has 1 rings (SSSR count). The molecule has 0 radical (unpaired) electrons. The topological polar surface area (TPSA) is 29.5 Å². The molecular weight excluding hydrogens is 221 g/mol. The normalized spacial score (nSPS) is 10.5. The molecule has 0 atom stereocenters. The Morgan fingerprint density at radius 2 is 1.81 bits per heavy atom. The molecule has 0 aliphatic heterocycles. The molecule has 0 aliphatic rings. The van der Waals surface area contributed by atoms with Crippen LogP contribution in [0.5, 0.6) is 5.75 Å². The Morgan fingerprint density at radius 3 is 2.31 bits per heavy atom. The van der Waals surface area contributed by atoms with Gasteiger partial charge in [0.2, 0.25) is 0 Å². The fraction of sp³-hybridized carbons (Fsp3) is 0.273. The monoisotopic (exact) mass is 230 g/mol. The lowest BCUT2D eigenvalue weighted by atomic mass is 10.2. The summed E-state index contributed by atoms with van der Waals surface area (Å²) < 4.78 is 39.9. The van der Waals surface area contributed by atoms with E-state index in [0.29, 0.717) is 5.56 Å². The van der Waals surface area contributed by atoms with Gasteiger partial charge in [-0.05, 0) is 24.3 Å². The zero-order valence-electron chi connectivity index (χ0n) is 8.21. The summed E-state index contributed by atoms with van der Waals surface area (Å²) in [6, 6.07) is 5.84. The van der Waals surface area contributed by atoms with Crippen LogP contribution in [0.25, 0.3) is 0 Å². The highest BCUT2D eigenvalue weighted by Gasteiger charge is 2.28. The third-order valence-corrected chi connectivity index (χ3v) is 1.57. The van der Waals surface area contributed by atoms with Crippen molar-refractivity contribution >= 4 is 0 Å². The first-order chi connectivity index (χ1) is 7.51. The molecule has 86 valence electrons. The van der Waals surface area contributed by atoms with Gasteiger partial charge >= 0.3 is 6.18 Å². The van der Waals surface area contributed by atoms with Gasteiger partial charge in [0.25, 0.3) is 0 Å². The predicted molar refractivity (Wildman–Crippen MR) is 52.0 cm³/mol. The Morgan fingerprint density at radius 1 is 1.19 bits per heavy atom. The highest BCUT2D eigenvalue weighted by Crippen LogP contribution is 2.18. The second-order valence-corrected chi connectivity index (χ2v) is 2.89. The van der Waals surface area contributed by atoms with Crippen molar-refractivity contribution in [3.63, 3.8) is 0 Å². The molecule has 0 saturated heterocycles. The van der Waals surface area contributed by atoms with Gasteiger partial charge in [-0.15, -0.1) is 0 Å². The standard InChI is InChI=1S/C11H9F3O2/c12-11(13,14)8-16-10-5-3-9(4-6-10)2-1-7-15/h3-6,15H,7-8H2. The molecule has 0 bridgehead atoms. The number of aliphatic hydroxyl groups is 1. The summed E-state index contributed by atoms with van der Waals surface area (Å²) in [6.07, 6.45) is -4.34. The minimum Gasteiger partial charge on any atom is -0.484 e. The van der Waals surface area contributed by atoms with Gasteiger partial charge in [0.15, 0.2) is 6.61 Å². The Hall–Kier alpha value is -1.67. The zero-order chi connectivity index (χ0) is 12.0. The SMILES string of the molecule is OCC#Cc1ccc(OCC(F)(F)F)cc1. The number of halogens is 3. The lowest BCUT2D eigenvalue weighted by Crippen LogP contribution is -2.19. The van der Waals surface area contributed by atoms with Gasteiger partial charge in [-0.1, -0.05) is 11.8 Å². The van der Waals surface area contributed by atoms with Crippen LogP contribution in [0.15, 0.2) is 24.3 Å². The maximum absolute atomic E-state index is 11.8. The van der Waals surface area contributed by atoms with E-state index in [1.165, 1.54) is 24.3 Å². The van der Waals surface area contributed by atoms with E-state index in [2.05, 4.69) is 16.6 Å². The van der Waals surface area contributed by atoms with Crippen molar-refractivity contribution < 1.29 is 23.0 Å². The summed E-state index contributed by atoms with van der Waals surface area (Å²) in [4.78, 5) is 0. The zero-order valence-corrected chi connectivity index (χ0v) is 8.21. The Labute approximate surface area is 90.7 Å². The first-order valence-electron chi connectivity index (χ1n) is 4.40. The smallest absolute Gasteiger partial charge is 0.422 e. The molecule has 0 amide bonds. The van der Waals surface area contributed by atoms with Crippen LogP contribution in [0, 0.1) is 11.8 Å². The van der Waals surface area contributed by atoms with Crippen LogP contribution in [0.4, 0.5) is 13.2 Å². The third kappa shape index (κ3) is 4.71. The molecule has 1 N–H and O–H groups in total. The average Bonchev–Trinajstić information content (AvgIpc) is 2.24. The van der Waals surface area contributed by atoms with Gasteiger partial charge in [0.05, 0.1) is 0 Å². The number of hydrogen-bond donors (Lipinski definition) is 1. The second kappa shape index (κ2) is 5.42. The van der Waals surface area contributed by atoms with Gasteiger partial charge in [0.1, 0.15) is 12.4 Å². The highest BCUT2D eigenvalue weighted by atomic mass is 19.4. The summed E-state index contributed by atoms with van der Waals surface area (Å²) >= 11 is 0. The van der Waals surface area contributed by atoms with Crippen LogP contribution in [-0.2, 0) is 0 Å². The lowest BCUT2D eigenvalue weighted by Gasteiger charge is -2.08. The van der Waals surface area contributed by atoms with Crippen LogP contribution in [0.3, 0.4) is 0 Å². The van der Waals surface area contributed by atoms with Gasteiger partial charge in [-0.2, -0.15) is 13.2 Å². The minimum atomic E-state index is -4.34. The molecular formula is C11H9F3O2. The average molecular weight is 230 g/mol. The van der Waals surface area contributed by atoms with Crippen molar-refractivity contribution in [2.75, 3.05) is 13.2 Å². The highest BCUT2D eigenvalue weighted by molar-refractivity contribution is 5.38. The minimum absolute atomic E-state index is 0.131. The molecule has 1 aromatic rings. The van der Waals surface area contributed by atoms with Crippen molar-refractivity contribution in [1.29, 1.82) is 0 Å². The van der Waals surface area contributed by atoms with Crippen LogP contribution in [0.1, 0.15) is 5.56 Å².